The number of methoxy groups -OCH3 is 1. The Hall–Kier alpha value is -1.59. The highest BCUT2D eigenvalue weighted by Gasteiger charge is 2.15. The van der Waals surface area contributed by atoms with E-state index in [1.165, 1.54) is 0 Å². The van der Waals surface area contributed by atoms with Gasteiger partial charge in [-0.1, -0.05) is 0 Å². The number of carbonyl (C=O) groups is 1. The molecule has 0 aromatic heterocycles. The Labute approximate surface area is 100 Å². The van der Waals surface area contributed by atoms with E-state index >= 15 is 0 Å². The number of carbonyl (C=O) groups excluding carboxylic acids is 1. The van der Waals surface area contributed by atoms with Crippen molar-refractivity contribution in [2.75, 3.05) is 7.11 Å². The molecule has 17 heavy (non-hydrogen) atoms. The van der Waals surface area contributed by atoms with Crippen molar-refractivity contribution in [2.24, 2.45) is 0 Å². The summed E-state index contributed by atoms with van der Waals surface area (Å²) >= 11 is 0. The van der Waals surface area contributed by atoms with Gasteiger partial charge in [0.15, 0.2) is 0 Å². The zero-order valence-corrected chi connectivity index (χ0v) is 10.4. The molecule has 5 nitrogen and oxygen atoms in total. The van der Waals surface area contributed by atoms with Crippen LogP contribution in [0.4, 0.5) is 0 Å². The number of hydrogen-bond acceptors (Lipinski definition) is 5. The maximum absolute atomic E-state index is 11.5. The zero-order chi connectivity index (χ0) is 12.9. The third-order valence-corrected chi connectivity index (χ3v) is 1.72. The molecule has 1 rings (SSSR count). The van der Waals surface area contributed by atoms with Gasteiger partial charge in [-0.25, -0.2) is 4.79 Å². The van der Waals surface area contributed by atoms with Crippen molar-refractivity contribution in [3.05, 3.63) is 29.8 Å². The van der Waals surface area contributed by atoms with E-state index in [2.05, 4.69) is 9.93 Å². The minimum Gasteiger partial charge on any atom is -0.497 e. The number of rotatable bonds is 4. The Morgan fingerprint density at radius 3 is 2.18 bits per heavy atom. The van der Waals surface area contributed by atoms with E-state index in [-0.39, 0.29) is 0 Å². The van der Waals surface area contributed by atoms with Gasteiger partial charge >= 0.3 is 5.97 Å². The zero-order valence-electron chi connectivity index (χ0n) is 10.4. The summed E-state index contributed by atoms with van der Waals surface area (Å²) in [6.07, 6.45) is 0. The normalized spacial score (nSPS) is 11.1. The minimum absolute atomic E-state index is 0.350. The lowest BCUT2D eigenvalue weighted by Crippen LogP contribution is -2.20. The van der Waals surface area contributed by atoms with Crippen LogP contribution in [0.1, 0.15) is 31.1 Å². The monoisotopic (exact) mass is 240 g/mol. The van der Waals surface area contributed by atoms with Crippen molar-refractivity contribution in [2.45, 2.75) is 26.4 Å². The summed E-state index contributed by atoms with van der Waals surface area (Å²) in [4.78, 5) is 20.7. The minimum atomic E-state index is -0.628. The molecule has 1 aromatic rings. The third-order valence-electron chi connectivity index (χ3n) is 1.72. The van der Waals surface area contributed by atoms with Gasteiger partial charge in [0.2, 0.25) is 0 Å². The first-order chi connectivity index (χ1) is 7.92. The Balaban J connectivity index is 2.47. The van der Waals surface area contributed by atoms with Gasteiger partial charge in [-0.3, -0.25) is 4.89 Å². The van der Waals surface area contributed by atoms with Crippen LogP contribution in [0, 0.1) is 0 Å². The van der Waals surface area contributed by atoms with Crippen LogP contribution in [0.15, 0.2) is 24.3 Å². The molecule has 0 bridgehead atoms. The molecule has 0 saturated carbocycles. The third kappa shape index (κ3) is 4.84. The lowest BCUT2D eigenvalue weighted by molar-refractivity contribution is -0.510. The van der Waals surface area contributed by atoms with Crippen molar-refractivity contribution in [1.82, 2.24) is 0 Å². The largest absolute Gasteiger partial charge is 0.497 e. The maximum atomic E-state index is 11.5. The van der Waals surface area contributed by atoms with Gasteiger partial charge in [-0.2, -0.15) is 4.89 Å². The lowest BCUT2D eigenvalue weighted by Gasteiger charge is -2.15. The number of ether oxygens (including phenoxy) is 1. The molecule has 0 saturated heterocycles. The molecule has 0 spiro atoms. The molecule has 0 aliphatic carbocycles. The SMILES string of the molecule is COc1ccc(C(=O)OOOC(C)(C)C)cc1. The van der Waals surface area contributed by atoms with E-state index in [1.54, 1.807) is 52.1 Å². The van der Waals surface area contributed by atoms with Gasteiger partial charge in [0.05, 0.1) is 18.3 Å². The standard InChI is InChI=1S/C12H16O5/c1-12(2,3)16-17-15-11(13)9-5-7-10(14-4)8-6-9/h5-8H,1-4H3. The molecule has 0 atom stereocenters. The fraction of sp³-hybridized carbons (Fsp3) is 0.417. The molecule has 5 heteroatoms. The highest BCUT2D eigenvalue weighted by molar-refractivity contribution is 5.89. The average molecular weight is 240 g/mol. The van der Waals surface area contributed by atoms with E-state index < -0.39 is 11.6 Å². The van der Waals surface area contributed by atoms with Gasteiger partial charge in [0.1, 0.15) is 5.75 Å². The number of benzene rings is 1. The average Bonchev–Trinajstić information content (AvgIpc) is 2.27. The first-order valence-corrected chi connectivity index (χ1v) is 5.13. The Kier molecular flexibility index (Phi) is 4.48. The van der Waals surface area contributed by atoms with Crippen molar-refractivity contribution in [3.63, 3.8) is 0 Å². The van der Waals surface area contributed by atoms with Crippen LogP contribution in [-0.4, -0.2) is 18.7 Å². The molecule has 0 N–H and O–H groups in total. The second-order valence-corrected chi connectivity index (χ2v) is 4.36. The quantitative estimate of drug-likeness (QED) is 0.598. The lowest BCUT2D eigenvalue weighted by atomic mass is 10.2. The predicted octanol–water partition coefficient (Wildman–Crippen LogP) is 2.51. The molecule has 0 unspecified atom stereocenters. The summed E-state index contributed by atoms with van der Waals surface area (Å²) in [5.41, 5.74) is -0.191. The Bertz CT molecular complexity index is 363. The molecular weight excluding hydrogens is 224 g/mol. The molecule has 0 amide bonds. The van der Waals surface area contributed by atoms with Crippen LogP contribution < -0.4 is 4.74 Å². The van der Waals surface area contributed by atoms with E-state index in [4.69, 9.17) is 9.62 Å². The van der Waals surface area contributed by atoms with Crippen LogP contribution in [0.2, 0.25) is 0 Å². The number of hydrogen-bond donors (Lipinski definition) is 0. The molecule has 0 radical (unpaired) electrons. The van der Waals surface area contributed by atoms with Crippen molar-refractivity contribution < 1.29 is 24.3 Å². The van der Waals surface area contributed by atoms with Crippen LogP contribution in [0.3, 0.4) is 0 Å². The summed E-state index contributed by atoms with van der Waals surface area (Å²) in [6, 6.07) is 6.45. The summed E-state index contributed by atoms with van der Waals surface area (Å²) in [5.74, 6) is 0.0327. The van der Waals surface area contributed by atoms with Crippen LogP contribution in [0.5, 0.6) is 5.75 Å². The maximum Gasteiger partial charge on any atom is 0.376 e. The molecule has 0 aliphatic heterocycles. The van der Waals surface area contributed by atoms with Gasteiger partial charge in [0.25, 0.3) is 0 Å². The van der Waals surface area contributed by atoms with Crippen LogP contribution >= 0.6 is 0 Å². The fourth-order valence-corrected chi connectivity index (χ4v) is 0.925. The van der Waals surface area contributed by atoms with Crippen molar-refractivity contribution in [1.29, 1.82) is 0 Å². The molecule has 0 fully saturated rings. The van der Waals surface area contributed by atoms with E-state index in [0.717, 1.165) is 0 Å². The van der Waals surface area contributed by atoms with Gasteiger partial charge in [-0.15, -0.1) is 0 Å². The summed E-state index contributed by atoms with van der Waals surface area (Å²) in [6.45, 7) is 5.32. The molecule has 0 aliphatic rings. The first kappa shape index (κ1) is 13.5. The highest BCUT2D eigenvalue weighted by atomic mass is 17.5. The van der Waals surface area contributed by atoms with Crippen LogP contribution in [0.25, 0.3) is 0 Å². The van der Waals surface area contributed by atoms with Gasteiger partial charge < -0.3 is 4.74 Å². The van der Waals surface area contributed by atoms with Crippen molar-refractivity contribution >= 4 is 5.97 Å². The summed E-state index contributed by atoms with van der Waals surface area (Å²) in [7, 11) is 1.55. The topological polar surface area (TPSA) is 54.0 Å². The molecule has 1 aromatic carbocycles. The summed E-state index contributed by atoms with van der Waals surface area (Å²) in [5, 5.41) is 4.39. The smallest absolute Gasteiger partial charge is 0.376 e. The first-order valence-electron chi connectivity index (χ1n) is 5.13. The van der Waals surface area contributed by atoms with E-state index in [9.17, 15) is 4.79 Å². The van der Waals surface area contributed by atoms with E-state index in [0.29, 0.717) is 11.3 Å². The van der Waals surface area contributed by atoms with Gasteiger partial charge in [0, 0.05) is 0 Å². The predicted molar refractivity (Wildman–Crippen MR) is 60.3 cm³/mol. The second kappa shape index (κ2) is 5.65. The highest BCUT2D eigenvalue weighted by Crippen LogP contribution is 2.13. The van der Waals surface area contributed by atoms with E-state index in [1.807, 2.05) is 0 Å². The van der Waals surface area contributed by atoms with Crippen LogP contribution in [-0.2, 0) is 14.8 Å². The molecule has 0 heterocycles. The summed E-state index contributed by atoms with van der Waals surface area (Å²) < 4.78 is 4.97. The Morgan fingerprint density at radius 2 is 1.71 bits per heavy atom. The molecule has 94 valence electrons. The Morgan fingerprint density at radius 1 is 1.12 bits per heavy atom. The molecular formula is C12H16O5. The fourth-order valence-electron chi connectivity index (χ4n) is 0.925. The van der Waals surface area contributed by atoms with Crippen molar-refractivity contribution in [3.8, 4) is 5.75 Å². The second-order valence-electron chi connectivity index (χ2n) is 4.36. The van der Waals surface area contributed by atoms with Gasteiger partial charge in [-0.05, 0) is 50.1 Å².